The summed E-state index contributed by atoms with van der Waals surface area (Å²) >= 11 is 0. The van der Waals surface area contributed by atoms with Crippen LogP contribution in [0, 0.1) is 11.6 Å². The van der Waals surface area contributed by atoms with Crippen LogP contribution in [0.15, 0.2) is 18.2 Å². The molecule has 84 valence electrons. The van der Waals surface area contributed by atoms with Crippen LogP contribution in [0.3, 0.4) is 0 Å². The molecule has 1 aromatic carbocycles. The van der Waals surface area contributed by atoms with Crippen molar-refractivity contribution in [1.29, 1.82) is 0 Å². The normalized spacial score (nSPS) is 10.8. The average molecular weight is 260 g/mol. The van der Waals surface area contributed by atoms with Crippen LogP contribution in [0.4, 0.5) is 14.5 Å². The van der Waals surface area contributed by atoms with Crippen LogP contribution in [-0.4, -0.2) is 25.9 Å². The first kappa shape index (κ1) is 15.8. The first-order chi connectivity index (χ1) is 6.78. The maximum absolute atomic E-state index is 12.7. The molecular weight excluding hydrogens is 251 g/mol. The van der Waals surface area contributed by atoms with E-state index in [9.17, 15) is 17.2 Å². The summed E-state index contributed by atoms with van der Waals surface area (Å²) in [7, 11) is -2.92. The quantitative estimate of drug-likeness (QED) is 0.517. The summed E-state index contributed by atoms with van der Waals surface area (Å²) in [5, 5.41) is 0. The van der Waals surface area contributed by atoms with E-state index >= 15 is 0 Å². The third-order valence-corrected chi connectivity index (χ3v) is 2.36. The molecule has 0 aliphatic rings. The van der Waals surface area contributed by atoms with Gasteiger partial charge in [0.05, 0.1) is 0 Å². The monoisotopic (exact) mass is 260 g/mol. The van der Waals surface area contributed by atoms with Crippen molar-refractivity contribution in [2.24, 2.45) is 0 Å². The van der Waals surface area contributed by atoms with E-state index in [-0.39, 0.29) is 35.2 Å². The van der Waals surface area contributed by atoms with E-state index in [1.54, 1.807) is 0 Å². The van der Waals surface area contributed by atoms with Gasteiger partial charge in [0.25, 0.3) is 10.1 Å². The van der Waals surface area contributed by atoms with E-state index in [1.807, 2.05) is 0 Å². The smallest absolute Gasteiger partial charge is 0.358 e. The second kappa shape index (κ2) is 5.92. The van der Waals surface area contributed by atoms with Crippen molar-refractivity contribution in [3.8, 4) is 0 Å². The average Bonchev–Trinajstić information content (AvgIpc) is 1.98. The predicted octanol–water partition coefficient (Wildman–Crippen LogP) is -1.75. The van der Waals surface area contributed by atoms with Gasteiger partial charge in [-0.25, -0.2) is 8.78 Å². The summed E-state index contributed by atoms with van der Waals surface area (Å²) in [5.74, 6) is -2.35. The van der Waals surface area contributed by atoms with Gasteiger partial charge in [-0.15, -0.1) is 0 Å². The minimum atomic E-state index is -4.22. The zero-order valence-corrected chi connectivity index (χ0v) is 11.6. The number of rotatable bonds is 3. The van der Waals surface area contributed by atoms with Crippen molar-refractivity contribution in [2.75, 3.05) is 17.8 Å². The number of nitrogens with zero attached hydrogens (tertiary/aromatic N) is 1. The van der Waals surface area contributed by atoms with E-state index < -0.39 is 27.6 Å². The first-order valence-corrected chi connectivity index (χ1v) is 5.51. The van der Waals surface area contributed by atoms with Crippen molar-refractivity contribution in [3.05, 3.63) is 29.8 Å². The Hall–Kier alpha value is -0.210. The second-order valence-electron chi connectivity index (χ2n) is 3.04. The molecule has 16 heavy (non-hydrogen) atoms. The Bertz CT molecular complexity index is 446. The maximum Gasteiger partial charge on any atom is 1.00 e. The van der Waals surface area contributed by atoms with Crippen LogP contribution in [0.1, 0.15) is 0 Å². The molecule has 1 rings (SSSR count). The Labute approximate surface area is 114 Å². The van der Waals surface area contributed by atoms with E-state index in [0.29, 0.717) is 6.07 Å². The summed E-state index contributed by atoms with van der Waals surface area (Å²) in [6, 6.07) is 2.60. The second-order valence-corrected chi connectivity index (χ2v) is 4.46. The minimum Gasteiger partial charge on any atom is -0.358 e. The van der Waals surface area contributed by atoms with Crippen molar-refractivity contribution < 1.29 is 51.3 Å². The molecule has 1 N–H and O–H groups in total. The van der Waals surface area contributed by atoms with Gasteiger partial charge in [0.15, 0.2) is 0 Å². The van der Waals surface area contributed by atoms with E-state index in [4.69, 9.17) is 4.55 Å². The largest absolute Gasteiger partial charge is 1.00 e. The number of halogens is 2. The summed E-state index contributed by atoms with van der Waals surface area (Å²) < 4.78 is 55.0. The number of anilines is 1. The molecular formula is C8H9F2NNaO3S+. The molecule has 0 aliphatic carbocycles. The number of hydrogen-bond acceptors (Lipinski definition) is 3. The fraction of sp³-hybridized carbons (Fsp3) is 0.250. The Kier molecular flexibility index (Phi) is 5.85. The molecule has 0 spiro atoms. The number of hydrogen-bond donors (Lipinski definition) is 1. The van der Waals surface area contributed by atoms with Crippen molar-refractivity contribution in [1.82, 2.24) is 0 Å². The van der Waals surface area contributed by atoms with Crippen molar-refractivity contribution in [3.63, 3.8) is 0 Å². The molecule has 0 aliphatic heterocycles. The standard InChI is InChI=1S/C8H9F2NO3S.Na/c1-11(5-15(12,13)14)8-3-6(9)2-7(10)4-8;/h2-4H,5H2,1H3,(H,12,13,14);/q;+1. The van der Waals surface area contributed by atoms with Crippen LogP contribution < -0.4 is 34.5 Å². The van der Waals surface area contributed by atoms with Gasteiger partial charge in [-0.2, -0.15) is 8.42 Å². The molecule has 4 nitrogen and oxygen atoms in total. The fourth-order valence-corrected chi connectivity index (χ4v) is 1.72. The zero-order chi connectivity index (χ0) is 11.6. The molecule has 0 atom stereocenters. The minimum absolute atomic E-state index is 0. The van der Waals surface area contributed by atoms with Gasteiger partial charge in [0, 0.05) is 18.8 Å². The van der Waals surface area contributed by atoms with Gasteiger partial charge >= 0.3 is 29.6 Å². The van der Waals surface area contributed by atoms with Crippen LogP contribution in [-0.2, 0) is 10.1 Å². The topological polar surface area (TPSA) is 57.6 Å². The molecule has 0 bridgehead atoms. The van der Waals surface area contributed by atoms with Gasteiger partial charge in [-0.1, -0.05) is 0 Å². The third kappa shape index (κ3) is 5.22. The first-order valence-electron chi connectivity index (χ1n) is 3.90. The van der Waals surface area contributed by atoms with Crippen LogP contribution in [0.2, 0.25) is 0 Å². The summed E-state index contributed by atoms with van der Waals surface area (Å²) in [4.78, 5) is 1.02. The molecule has 8 heteroatoms. The van der Waals surface area contributed by atoms with Crippen LogP contribution in [0.25, 0.3) is 0 Å². The molecule has 0 saturated heterocycles. The Morgan fingerprint density at radius 3 is 2.06 bits per heavy atom. The summed E-state index contributed by atoms with van der Waals surface area (Å²) in [5.41, 5.74) is 0.0325. The third-order valence-electron chi connectivity index (χ3n) is 1.64. The van der Waals surface area contributed by atoms with Gasteiger partial charge in [0.1, 0.15) is 17.5 Å². The molecule has 0 unspecified atom stereocenters. The van der Waals surface area contributed by atoms with Crippen LogP contribution in [0.5, 0.6) is 0 Å². The summed E-state index contributed by atoms with van der Waals surface area (Å²) in [6.07, 6.45) is 0. The molecule has 0 amide bonds. The Morgan fingerprint density at radius 1 is 1.25 bits per heavy atom. The number of benzene rings is 1. The SMILES string of the molecule is CN(CS(=O)(=O)O)c1cc(F)cc(F)c1.[Na+]. The summed E-state index contributed by atoms with van der Waals surface area (Å²) in [6.45, 7) is 0. The van der Waals surface area contributed by atoms with E-state index in [1.165, 1.54) is 7.05 Å². The van der Waals surface area contributed by atoms with E-state index in [0.717, 1.165) is 17.0 Å². The van der Waals surface area contributed by atoms with Crippen molar-refractivity contribution >= 4 is 15.8 Å². The fourth-order valence-electron chi connectivity index (χ4n) is 1.08. The van der Waals surface area contributed by atoms with Gasteiger partial charge in [-0.3, -0.25) is 4.55 Å². The Balaban J connectivity index is 0.00000225. The van der Waals surface area contributed by atoms with E-state index in [2.05, 4.69) is 0 Å². The van der Waals surface area contributed by atoms with Gasteiger partial charge < -0.3 is 4.90 Å². The van der Waals surface area contributed by atoms with Gasteiger partial charge in [-0.05, 0) is 12.1 Å². The molecule has 0 saturated carbocycles. The zero-order valence-electron chi connectivity index (χ0n) is 8.81. The molecule has 0 aromatic heterocycles. The predicted molar refractivity (Wildman–Crippen MR) is 51.2 cm³/mol. The van der Waals surface area contributed by atoms with Crippen LogP contribution >= 0.6 is 0 Å². The maximum atomic E-state index is 12.7. The van der Waals surface area contributed by atoms with Crippen molar-refractivity contribution in [2.45, 2.75) is 0 Å². The molecule has 0 radical (unpaired) electrons. The van der Waals surface area contributed by atoms with Gasteiger partial charge in [0.2, 0.25) is 0 Å². The Morgan fingerprint density at radius 2 is 1.69 bits per heavy atom. The molecule has 0 heterocycles. The molecule has 1 aromatic rings. The molecule has 0 fully saturated rings.